The van der Waals surface area contributed by atoms with Crippen molar-refractivity contribution in [3.8, 4) is 28.7 Å². The predicted molar refractivity (Wildman–Crippen MR) is 82.5 cm³/mol. The maximum absolute atomic E-state index is 13.1. The molecule has 2 atom stereocenters. The number of hydrogen-bond donors (Lipinski definition) is 0. The van der Waals surface area contributed by atoms with Crippen molar-refractivity contribution in [3.05, 3.63) is 41.5 Å². The number of Topliss-reactive ketones (excluding diaryl/α,β-unsaturated/α-hetero) is 1. The molecular weight excluding hydrogens is 312 g/mol. The number of fused-ring (bicyclic) bond motifs is 5. The van der Waals surface area contributed by atoms with Crippen LogP contribution in [0.1, 0.15) is 21.8 Å². The van der Waals surface area contributed by atoms with Crippen LogP contribution in [-0.4, -0.2) is 32.4 Å². The van der Waals surface area contributed by atoms with E-state index in [1.54, 1.807) is 31.4 Å². The van der Waals surface area contributed by atoms with E-state index in [4.69, 9.17) is 23.7 Å². The monoisotopic (exact) mass is 326 g/mol. The Bertz CT molecular complexity index is 859. The minimum Gasteiger partial charge on any atom is -0.497 e. The maximum atomic E-state index is 13.1. The van der Waals surface area contributed by atoms with Gasteiger partial charge in [0.15, 0.2) is 17.3 Å². The van der Waals surface area contributed by atoms with Crippen LogP contribution in [0.25, 0.3) is 0 Å². The highest BCUT2D eigenvalue weighted by Gasteiger charge is 2.43. The number of rotatable bonds is 1. The van der Waals surface area contributed by atoms with Crippen molar-refractivity contribution < 1.29 is 28.5 Å². The van der Waals surface area contributed by atoms with Crippen molar-refractivity contribution in [2.75, 3.05) is 20.5 Å². The maximum Gasteiger partial charge on any atom is 0.231 e. The van der Waals surface area contributed by atoms with Gasteiger partial charge in [0.05, 0.1) is 18.6 Å². The summed E-state index contributed by atoms with van der Waals surface area (Å²) in [7, 11) is 1.58. The summed E-state index contributed by atoms with van der Waals surface area (Å²) in [5.74, 6) is 2.72. The highest BCUT2D eigenvalue weighted by molar-refractivity contribution is 6.05. The molecule has 3 heterocycles. The number of ether oxygens (including phenoxy) is 5. The van der Waals surface area contributed by atoms with Gasteiger partial charge in [0.1, 0.15) is 30.0 Å². The molecule has 0 aliphatic carbocycles. The molecule has 3 aliphatic rings. The first kappa shape index (κ1) is 13.5. The molecule has 6 heteroatoms. The zero-order chi connectivity index (χ0) is 16.3. The van der Waals surface area contributed by atoms with E-state index in [1.165, 1.54) is 0 Å². The molecule has 3 aliphatic heterocycles. The van der Waals surface area contributed by atoms with Crippen LogP contribution in [0.5, 0.6) is 28.7 Å². The van der Waals surface area contributed by atoms with Gasteiger partial charge in [0.25, 0.3) is 0 Å². The molecule has 6 nitrogen and oxygen atoms in total. The summed E-state index contributed by atoms with van der Waals surface area (Å²) in [6.07, 6.45) is -0.370. The Balaban J connectivity index is 1.62. The second kappa shape index (κ2) is 4.80. The van der Waals surface area contributed by atoms with Crippen LogP contribution in [0.15, 0.2) is 30.3 Å². The summed E-state index contributed by atoms with van der Waals surface area (Å²) in [6.45, 7) is 0.485. The van der Waals surface area contributed by atoms with Crippen molar-refractivity contribution in [3.63, 3.8) is 0 Å². The molecule has 0 aromatic heterocycles. The van der Waals surface area contributed by atoms with Crippen LogP contribution in [0.3, 0.4) is 0 Å². The van der Waals surface area contributed by atoms with Gasteiger partial charge in [-0.2, -0.15) is 0 Å². The molecule has 0 radical (unpaired) electrons. The Hall–Kier alpha value is -2.89. The van der Waals surface area contributed by atoms with Crippen molar-refractivity contribution in [2.24, 2.45) is 0 Å². The molecular formula is C18H14O6. The molecule has 5 rings (SSSR count). The second-order valence-corrected chi connectivity index (χ2v) is 5.91. The molecule has 0 N–H and O–H groups in total. The van der Waals surface area contributed by atoms with Crippen LogP contribution in [0, 0.1) is 0 Å². The Morgan fingerprint density at radius 1 is 1.00 bits per heavy atom. The molecule has 0 saturated carbocycles. The van der Waals surface area contributed by atoms with Crippen molar-refractivity contribution in [2.45, 2.75) is 12.0 Å². The van der Waals surface area contributed by atoms with E-state index in [9.17, 15) is 4.79 Å². The number of carbonyl (C=O) groups is 1. The quantitative estimate of drug-likeness (QED) is 0.802. The Kier molecular flexibility index (Phi) is 2.71. The van der Waals surface area contributed by atoms with Gasteiger partial charge in [-0.3, -0.25) is 4.79 Å². The zero-order valence-electron chi connectivity index (χ0n) is 12.9. The number of ketones is 1. The van der Waals surface area contributed by atoms with E-state index >= 15 is 0 Å². The third kappa shape index (κ3) is 1.79. The van der Waals surface area contributed by atoms with E-state index < -0.39 is 5.92 Å². The number of carbonyl (C=O) groups excluding carboxylic acids is 1. The van der Waals surface area contributed by atoms with Crippen molar-refractivity contribution in [1.29, 1.82) is 0 Å². The van der Waals surface area contributed by atoms with E-state index in [0.717, 1.165) is 5.56 Å². The normalized spacial score (nSPS) is 22.6. The van der Waals surface area contributed by atoms with Crippen LogP contribution < -0.4 is 23.7 Å². The number of benzene rings is 2. The lowest BCUT2D eigenvalue weighted by Crippen LogP contribution is -2.42. The summed E-state index contributed by atoms with van der Waals surface area (Å²) in [5, 5.41) is 0. The van der Waals surface area contributed by atoms with Crippen LogP contribution in [-0.2, 0) is 0 Å². The van der Waals surface area contributed by atoms with E-state index in [0.29, 0.717) is 40.9 Å². The molecule has 0 amide bonds. The molecule has 0 saturated heterocycles. The Morgan fingerprint density at radius 2 is 1.83 bits per heavy atom. The molecule has 2 aromatic carbocycles. The van der Waals surface area contributed by atoms with Gasteiger partial charge >= 0.3 is 0 Å². The average molecular weight is 326 g/mol. The third-order valence-corrected chi connectivity index (χ3v) is 4.63. The van der Waals surface area contributed by atoms with Gasteiger partial charge in [0.2, 0.25) is 6.79 Å². The SMILES string of the molecule is COc1ccc2c(c1)OC1COc3cc4c(cc3C1C2=O)OCO4. The summed E-state index contributed by atoms with van der Waals surface area (Å²) >= 11 is 0. The molecule has 122 valence electrons. The fraction of sp³-hybridized carbons (Fsp3) is 0.278. The van der Waals surface area contributed by atoms with E-state index in [2.05, 4.69) is 0 Å². The van der Waals surface area contributed by atoms with Gasteiger partial charge in [-0.15, -0.1) is 0 Å². The van der Waals surface area contributed by atoms with E-state index in [-0.39, 0.29) is 18.7 Å². The fourth-order valence-corrected chi connectivity index (χ4v) is 3.45. The van der Waals surface area contributed by atoms with Gasteiger partial charge in [-0.05, 0) is 18.2 Å². The van der Waals surface area contributed by atoms with E-state index in [1.807, 2.05) is 6.07 Å². The molecule has 2 unspecified atom stereocenters. The summed E-state index contributed by atoms with van der Waals surface area (Å²) in [6, 6.07) is 8.85. The largest absolute Gasteiger partial charge is 0.497 e. The van der Waals surface area contributed by atoms with Crippen LogP contribution >= 0.6 is 0 Å². The second-order valence-electron chi connectivity index (χ2n) is 5.91. The first-order chi connectivity index (χ1) is 11.7. The Morgan fingerprint density at radius 3 is 2.67 bits per heavy atom. The van der Waals surface area contributed by atoms with Crippen molar-refractivity contribution >= 4 is 5.78 Å². The lowest BCUT2D eigenvalue weighted by Gasteiger charge is -2.37. The molecule has 0 fully saturated rings. The number of methoxy groups -OCH3 is 1. The minimum atomic E-state index is -0.413. The summed E-state index contributed by atoms with van der Waals surface area (Å²) < 4.78 is 27.8. The highest BCUT2D eigenvalue weighted by atomic mass is 16.7. The molecule has 24 heavy (non-hydrogen) atoms. The molecule has 0 bridgehead atoms. The van der Waals surface area contributed by atoms with Gasteiger partial charge in [-0.25, -0.2) is 0 Å². The topological polar surface area (TPSA) is 63.2 Å². The minimum absolute atomic E-state index is 0.0207. The highest BCUT2D eigenvalue weighted by Crippen LogP contribution is 2.48. The summed E-state index contributed by atoms with van der Waals surface area (Å²) in [5.41, 5.74) is 1.34. The summed E-state index contributed by atoms with van der Waals surface area (Å²) in [4.78, 5) is 13.1. The van der Waals surface area contributed by atoms with Gasteiger partial charge < -0.3 is 23.7 Å². The van der Waals surface area contributed by atoms with Gasteiger partial charge in [-0.1, -0.05) is 0 Å². The average Bonchev–Trinajstić information content (AvgIpc) is 3.06. The Labute approximate surface area is 137 Å². The first-order valence-corrected chi connectivity index (χ1v) is 7.70. The zero-order valence-corrected chi connectivity index (χ0v) is 12.9. The van der Waals surface area contributed by atoms with Crippen LogP contribution in [0.2, 0.25) is 0 Å². The molecule has 2 aromatic rings. The lowest BCUT2D eigenvalue weighted by molar-refractivity contribution is 0.0559. The first-order valence-electron chi connectivity index (χ1n) is 7.70. The predicted octanol–water partition coefficient (Wildman–Crippen LogP) is 2.54. The number of hydrogen-bond acceptors (Lipinski definition) is 6. The molecule has 0 spiro atoms. The third-order valence-electron chi connectivity index (χ3n) is 4.63. The van der Waals surface area contributed by atoms with Crippen LogP contribution in [0.4, 0.5) is 0 Å². The van der Waals surface area contributed by atoms with Crippen molar-refractivity contribution in [1.82, 2.24) is 0 Å². The fourth-order valence-electron chi connectivity index (χ4n) is 3.45. The lowest BCUT2D eigenvalue weighted by atomic mass is 9.82. The standard InChI is InChI=1S/C18H14O6/c1-20-9-2-3-10-13(4-9)24-16-7-21-12-6-15-14(22-8-23-15)5-11(12)17(16)18(10)19/h2-6,16-17H,7-8H2,1H3. The van der Waals surface area contributed by atoms with Gasteiger partial charge in [0, 0.05) is 17.7 Å². The smallest absolute Gasteiger partial charge is 0.231 e.